The number of hydrogen-bond acceptors (Lipinski definition) is 9. The van der Waals surface area contributed by atoms with Crippen molar-refractivity contribution in [2.75, 3.05) is 68.4 Å². The molecule has 13 heteroatoms. The summed E-state index contributed by atoms with van der Waals surface area (Å²) in [6.07, 6.45) is 13.0. The van der Waals surface area contributed by atoms with Crippen LogP contribution in [0.15, 0.2) is 89.6 Å². The highest BCUT2D eigenvalue weighted by Gasteiger charge is 2.41. The molecule has 1 saturated carbocycles. The second-order valence-electron chi connectivity index (χ2n) is 16.6. The van der Waals surface area contributed by atoms with Crippen molar-refractivity contribution in [2.45, 2.75) is 56.3 Å². The van der Waals surface area contributed by atoms with E-state index in [1.165, 1.54) is 49.3 Å². The van der Waals surface area contributed by atoms with E-state index < -0.39 is 5.82 Å². The number of aromatic amines is 1. The maximum absolute atomic E-state index is 15.3. The van der Waals surface area contributed by atoms with Crippen molar-refractivity contribution in [1.29, 1.82) is 0 Å². The monoisotopic (exact) mass is 835 g/mol. The van der Waals surface area contributed by atoms with Gasteiger partial charge in [-0.1, -0.05) is 35.7 Å². The van der Waals surface area contributed by atoms with E-state index in [1.54, 1.807) is 23.9 Å². The molecule has 1 amide bonds. The van der Waals surface area contributed by atoms with Gasteiger partial charge in [-0.05, 0) is 128 Å². The minimum atomic E-state index is -0.463. The number of fused-ring (bicyclic) bond motifs is 1. The summed E-state index contributed by atoms with van der Waals surface area (Å²) in [6.45, 7) is 6.59. The third-order valence-corrected chi connectivity index (χ3v) is 13.8. The number of nitrogens with zero attached hydrogens (tertiary/aromatic N) is 3. The SMILES string of the molecule is Nc1cc(SNC(=O)c2ccc(N3CCN(CC4=C(c5ccc(Cl)cc5)CC5(CCC5)CC4)CC3)cc2Oc2cnc3[nH]ccc3c2)cc(F)c1NCC1CCOCC1. The lowest BCUT2D eigenvalue weighted by atomic mass is 9.59. The van der Waals surface area contributed by atoms with Crippen LogP contribution >= 0.6 is 23.5 Å². The zero-order chi connectivity index (χ0) is 40.3. The number of H-pyrrole nitrogens is 1. The molecule has 2 saturated heterocycles. The number of hydrogen-bond donors (Lipinski definition) is 4. The maximum atomic E-state index is 15.3. The number of anilines is 3. The fraction of sp³-hybridized carbons (Fsp3) is 0.391. The average Bonchev–Trinajstić information content (AvgIpc) is 3.71. The quantitative estimate of drug-likeness (QED) is 0.0719. The molecule has 0 unspecified atom stereocenters. The highest BCUT2D eigenvalue weighted by molar-refractivity contribution is 7.98. The number of piperazine rings is 1. The normalized spacial score (nSPS) is 18.6. The Hall–Kier alpha value is -4.75. The first-order valence-electron chi connectivity index (χ1n) is 20.8. The van der Waals surface area contributed by atoms with E-state index in [0.29, 0.717) is 39.8 Å². The number of carbonyl (C=O) groups is 1. The summed E-state index contributed by atoms with van der Waals surface area (Å²) in [5.74, 6) is 0.485. The Kier molecular flexibility index (Phi) is 11.7. The first-order chi connectivity index (χ1) is 28.8. The zero-order valence-electron chi connectivity index (χ0n) is 33.2. The first-order valence-corrected chi connectivity index (χ1v) is 22.0. The maximum Gasteiger partial charge on any atom is 0.265 e. The molecule has 9 rings (SSSR count). The van der Waals surface area contributed by atoms with Crippen LogP contribution in [0.3, 0.4) is 0 Å². The molecular weight excluding hydrogens is 785 g/mol. The van der Waals surface area contributed by atoms with Gasteiger partial charge in [0.15, 0.2) is 0 Å². The third-order valence-electron chi connectivity index (χ3n) is 12.8. The van der Waals surface area contributed by atoms with E-state index in [1.807, 2.05) is 42.6 Å². The highest BCUT2D eigenvalue weighted by atomic mass is 35.5. The Balaban J connectivity index is 0.889. The number of nitrogens with one attached hydrogen (secondary N) is 3. The van der Waals surface area contributed by atoms with Crippen LogP contribution < -0.4 is 25.4 Å². The highest BCUT2D eigenvalue weighted by Crippen LogP contribution is 2.55. The van der Waals surface area contributed by atoms with Crippen LogP contribution in [0.1, 0.15) is 67.3 Å². The topological polar surface area (TPSA) is 121 Å². The van der Waals surface area contributed by atoms with Gasteiger partial charge < -0.3 is 30.4 Å². The van der Waals surface area contributed by atoms with Crippen molar-refractivity contribution < 1.29 is 18.7 Å². The number of allylic oxidation sites excluding steroid dienone is 1. The Morgan fingerprint density at radius 1 is 1.03 bits per heavy atom. The van der Waals surface area contributed by atoms with Gasteiger partial charge in [0.2, 0.25) is 0 Å². The van der Waals surface area contributed by atoms with Crippen LogP contribution in [0.4, 0.5) is 21.5 Å². The second kappa shape index (κ2) is 17.5. The molecule has 10 nitrogen and oxygen atoms in total. The summed E-state index contributed by atoms with van der Waals surface area (Å²) in [4.78, 5) is 26.9. The molecule has 308 valence electrons. The van der Waals surface area contributed by atoms with E-state index in [-0.39, 0.29) is 17.3 Å². The Morgan fingerprint density at radius 2 is 1.85 bits per heavy atom. The molecule has 3 aromatic carbocycles. The van der Waals surface area contributed by atoms with Gasteiger partial charge in [-0.2, -0.15) is 0 Å². The number of pyridine rings is 1. The number of aromatic nitrogens is 2. The largest absolute Gasteiger partial charge is 0.455 e. The van der Waals surface area contributed by atoms with E-state index >= 15 is 4.39 Å². The number of benzene rings is 3. The van der Waals surface area contributed by atoms with Crippen molar-refractivity contribution in [3.63, 3.8) is 0 Å². The van der Waals surface area contributed by atoms with Crippen LogP contribution in [0.5, 0.6) is 11.5 Å². The molecular formula is C46H51ClFN7O3S. The fourth-order valence-electron chi connectivity index (χ4n) is 9.11. The standard InChI is InChI=1S/C46H51ClFN7O3S/c47-34-4-2-31(3-5-34)39-26-46(12-1-13-46)14-8-33(39)29-54-16-18-55(19-17-54)35-6-7-38(42(23-35)58-36-22-32-9-15-50-44(32)52-28-36)45(56)53-59-37-24-40(48)43(41(49)25-37)51-27-30-10-20-57-21-11-30/h2-7,9,15,22-25,28,30,51H,1,8,10-14,16-21,26-27,29,49H2,(H,50,52)(H,53,56). The molecule has 0 radical (unpaired) electrons. The van der Waals surface area contributed by atoms with Crippen molar-refractivity contribution >= 4 is 63.1 Å². The number of ether oxygens (including phenoxy) is 2. The number of halogens is 2. The van der Waals surface area contributed by atoms with Crippen LogP contribution in [0.2, 0.25) is 5.02 Å². The minimum Gasteiger partial charge on any atom is -0.455 e. The van der Waals surface area contributed by atoms with Gasteiger partial charge in [0.05, 0.1) is 23.1 Å². The molecule has 0 bridgehead atoms. The van der Waals surface area contributed by atoms with Gasteiger partial charge in [-0.15, -0.1) is 0 Å². The van der Waals surface area contributed by atoms with Crippen LogP contribution in [0.25, 0.3) is 16.6 Å². The Morgan fingerprint density at radius 3 is 2.61 bits per heavy atom. The fourth-order valence-corrected chi connectivity index (χ4v) is 9.91. The van der Waals surface area contributed by atoms with Gasteiger partial charge in [-0.25, -0.2) is 9.37 Å². The molecule has 2 aliphatic carbocycles. The summed E-state index contributed by atoms with van der Waals surface area (Å²) in [5, 5.41) is 4.87. The molecule has 3 fully saturated rings. The molecule has 59 heavy (non-hydrogen) atoms. The smallest absolute Gasteiger partial charge is 0.265 e. The Labute approximate surface area is 354 Å². The lowest BCUT2D eigenvalue weighted by molar-refractivity contribution is 0.0699. The van der Waals surface area contributed by atoms with Crippen molar-refractivity contribution in [1.82, 2.24) is 19.6 Å². The number of nitrogen functional groups attached to an aromatic ring is 1. The molecule has 0 atom stereocenters. The molecule has 4 heterocycles. The Bertz CT molecular complexity index is 2310. The summed E-state index contributed by atoms with van der Waals surface area (Å²) in [7, 11) is 0. The van der Waals surface area contributed by atoms with Gasteiger partial charge in [0.1, 0.15) is 23.0 Å². The predicted molar refractivity (Wildman–Crippen MR) is 236 cm³/mol. The average molecular weight is 836 g/mol. The molecule has 2 aromatic heterocycles. The summed E-state index contributed by atoms with van der Waals surface area (Å²) >= 11 is 7.30. The second-order valence-corrected chi connectivity index (χ2v) is 17.9. The van der Waals surface area contributed by atoms with E-state index in [4.69, 9.17) is 26.8 Å². The van der Waals surface area contributed by atoms with E-state index in [9.17, 15) is 4.79 Å². The number of amides is 1. The number of rotatable bonds is 12. The zero-order valence-corrected chi connectivity index (χ0v) is 34.8. The first kappa shape index (κ1) is 39.7. The van der Waals surface area contributed by atoms with Gasteiger partial charge in [-0.3, -0.25) is 14.4 Å². The summed E-state index contributed by atoms with van der Waals surface area (Å²) < 4.78 is 30.0. The van der Waals surface area contributed by atoms with E-state index in [2.05, 4.69) is 41.9 Å². The van der Waals surface area contributed by atoms with Gasteiger partial charge in [0, 0.05) is 85.7 Å². The summed E-state index contributed by atoms with van der Waals surface area (Å²) in [6, 6.07) is 21.0. The summed E-state index contributed by atoms with van der Waals surface area (Å²) in [5.41, 5.74) is 13.8. The van der Waals surface area contributed by atoms with Gasteiger partial charge >= 0.3 is 0 Å². The molecule has 4 aliphatic rings. The lowest BCUT2D eigenvalue weighted by Crippen LogP contribution is -2.47. The molecule has 5 N–H and O–H groups in total. The van der Waals surface area contributed by atoms with Crippen LogP contribution in [0, 0.1) is 17.2 Å². The van der Waals surface area contributed by atoms with Crippen molar-refractivity contribution in [2.24, 2.45) is 11.3 Å². The molecule has 5 aromatic rings. The van der Waals surface area contributed by atoms with Crippen LogP contribution in [-0.4, -0.2) is 73.3 Å². The minimum absolute atomic E-state index is 0.280. The number of nitrogens with two attached hydrogens (primary N) is 1. The van der Waals surface area contributed by atoms with Crippen LogP contribution in [-0.2, 0) is 4.74 Å². The lowest BCUT2D eigenvalue weighted by Gasteiger charge is -2.47. The predicted octanol–water partition coefficient (Wildman–Crippen LogP) is 9.94. The third kappa shape index (κ3) is 9.06. The molecule has 1 spiro atoms. The number of carbonyl (C=O) groups excluding carboxylic acids is 1. The van der Waals surface area contributed by atoms with Crippen molar-refractivity contribution in [3.05, 3.63) is 107 Å². The van der Waals surface area contributed by atoms with Gasteiger partial charge in [0.25, 0.3) is 5.91 Å². The molecule has 2 aliphatic heterocycles. The van der Waals surface area contributed by atoms with Crippen molar-refractivity contribution in [3.8, 4) is 11.5 Å². The van der Waals surface area contributed by atoms with E-state index in [0.717, 1.165) is 98.9 Å².